The number of hydrogen-bond donors (Lipinski definition) is 1. The maximum atomic E-state index is 5.00. The average molecular weight is 383 g/mol. The van der Waals surface area contributed by atoms with Crippen LogP contribution in [0.4, 0.5) is 5.95 Å². The standard InChI is InChI=1S/C24H25N5/c1-3-17-12-14-29-21(15-17)28-22(18-9-7-16(2)8-10-18)23(29)20-11-13-25-24(27-20)26-19-5-4-6-19/h7-15,19H,3-6H2,1-2H3,(H,25,26,27). The molecule has 4 aromatic rings. The third kappa shape index (κ3) is 3.37. The molecule has 1 aliphatic carbocycles. The average Bonchev–Trinajstić information content (AvgIpc) is 3.10. The van der Waals surface area contributed by atoms with Gasteiger partial charge in [-0.15, -0.1) is 0 Å². The number of aryl methyl sites for hydroxylation is 2. The van der Waals surface area contributed by atoms with Crippen molar-refractivity contribution in [2.45, 2.75) is 45.6 Å². The van der Waals surface area contributed by atoms with Crippen molar-refractivity contribution in [1.29, 1.82) is 0 Å². The Balaban J connectivity index is 1.67. The minimum atomic E-state index is 0.496. The number of anilines is 1. The number of nitrogens with zero attached hydrogens (tertiary/aromatic N) is 4. The first-order valence-corrected chi connectivity index (χ1v) is 10.4. The van der Waals surface area contributed by atoms with Crippen LogP contribution in [-0.4, -0.2) is 25.4 Å². The van der Waals surface area contributed by atoms with Crippen molar-refractivity contribution >= 4 is 11.6 Å². The molecule has 5 nitrogen and oxygen atoms in total. The van der Waals surface area contributed by atoms with E-state index in [9.17, 15) is 0 Å². The number of fused-ring (bicyclic) bond motifs is 1. The van der Waals surface area contributed by atoms with Gasteiger partial charge in [0.2, 0.25) is 5.95 Å². The quantitative estimate of drug-likeness (QED) is 0.508. The Labute approximate surface area is 170 Å². The number of pyridine rings is 1. The largest absolute Gasteiger partial charge is 0.351 e. The van der Waals surface area contributed by atoms with Gasteiger partial charge in [-0.05, 0) is 56.4 Å². The van der Waals surface area contributed by atoms with E-state index in [1.54, 1.807) is 0 Å². The summed E-state index contributed by atoms with van der Waals surface area (Å²) in [6.45, 7) is 4.27. The lowest BCUT2D eigenvalue weighted by Crippen LogP contribution is -2.28. The second-order valence-corrected chi connectivity index (χ2v) is 7.83. The van der Waals surface area contributed by atoms with Gasteiger partial charge in [-0.2, -0.15) is 0 Å². The van der Waals surface area contributed by atoms with Crippen LogP contribution in [0.2, 0.25) is 0 Å². The topological polar surface area (TPSA) is 55.1 Å². The highest BCUT2D eigenvalue weighted by atomic mass is 15.1. The van der Waals surface area contributed by atoms with Crippen LogP contribution in [0.1, 0.15) is 37.3 Å². The van der Waals surface area contributed by atoms with Gasteiger partial charge in [-0.1, -0.05) is 36.8 Å². The van der Waals surface area contributed by atoms with Crippen molar-refractivity contribution < 1.29 is 0 Å². The van der Waals surface area contributed by atoms with Crippen LogP contribution in [0.15, 0.2) is 54.9 Å². The summed E-state index contributed by atoms with van der Waals surface area (Å²) in [7, 11) is 0. The second-order valence-electron chi connectivity index (χ2n) is 7.83. The fourth-order valence-corrected chi connectivity index (χ4v) is 3.76. The summed E-state index contributed by atoms with van der Waals surface area (Å²) < 4.78 is 2.14. The third-order valence-electron chi connectivity index (χ3n) is 5.76. The van der Waals surface area contributed by atoms with Gasteiger partial charge in [0, 0.05) is 24.0 Å². The van der Waals surface area contributed by atoms with Crippen LogP contribution in [0.25, 0.3) is 28.3 Å². The molecule has 0 radical (unpaired) electrons. The van der Waals surface area contributed by atoms with Crippen LogP contribution in [0, 0.1) is 6.92 Å². The smallest absolute Gasteiger partial charge is 0.223 e. The van der Waals surface area contributed by atoms with Crippen molar-refractivity contribution in [1.82, 2.24) is 19.4 Å². The van der Waals surface area contributed by atoms with Crippen molar-refractivity contribution in [2.24, 2.45) is 0 Å². The highest BCUT2D eigenvalue weighted by Gasteiger charge is 2.20. The number of rotatable bonds is 5. The summed E-state index contributed by atoms with van der Waals surface area (Å²) in [5.74, 6) is 0.696. The molecule has 3 aromatic heterocycles. The van der Waals surface area contributed by atoms with Crippen molar-refractivity contribution in [3.05, 3.63) is 66.0 Å². The lowest BCUT2D eigenvalue weighted by atomic mass is 9.93. The summed E-state index contributed by atoms with van der Waals surface area (Å²) >= 11 is 0. The first-order chi connectivity index (χ1) is 14.2. The number of imidazole rings is 1. The molecule has 146 valence electrons. The predicted octanol–water partition coefficient (Wildman–Crippen LogP) is 5.29. The number of aromatic nitrogens is 4. The van der Waals surface area contributed by atoms with E-state index in [1.807, 2.05) is 12.3 Å². The number of benzene rings is 1. The zero-order valence-corrected chi connectivity index (χ0v) is 16.9. The van der Waals surface area contributed by atoms with E-state index in [-0.39, 0.29) is 0 Å². The van der Waals surface area contributed by atoms with E-state index in [2.05, 4.69) is 71.1 Å². The Hall–Kier alpha value is -3.21. The first kappa shape index (κ1) is 17.9. The molecule has 0 aliphatic heterocycles. The van der Waals surface area contributed by atoms with Crippen molar-refractivity contribution in [2.75, 3.05) is 5.32 Å². The number of nitrogens with one attached hydrogen (secondary N) is 1. The minimum absolute atomic E-state index is 0.496. The third-order valence-corrected chi connectivity index (χ3v) is 5.76. The molecule has 0 amide bonds. The van der Waals surface area contributed by atoms with E-state index in [1.165, 1.54) is 30.4 Å². The van der Waals surface area contributed by atoms with Gasteiger partial charge in [0.05, 0.1) is 17.1 Å². The lowest BCUT2D eigenvalue weighted by Gasteiger charge is -2.26. The van der Waals surface area contributed by atoms with Crippen molar-refractivity contribution in [3.8, 4) is 22.6 Å². The molecule has 0 bridgehead atoms. The fraction of sp³-hybridized carbons (Fsp3) is 0.292. The van der Waals surface area contributed by atoms with Crippen LogP contribution in [0.3, 0.4) is 0 Å². The summed E-state index contributed by atoms with van der Waals surface area (Å²) in [5.41, 5.74) is 7.40. The molecule has 1 aromatic carbocycles. The van der Waals surface area contributed by atoms with Crippen LogP contribution < -0.4 is 5.32 Å². The van der Waals surface area contributed by atoms with E-state index in [0.717, 1.165) is 34.7 Å². The molecule has 0 unspecified atom stereocenters. The van der Waals surface area contributed by atoms with Gasteiger partial charge in [-0.3, -0.25) is 4.40 Å². The Bertz CT molecular complexity index is 1160. The Kier molecular flexibility index (Phi) is 4.51. The lowest BCUT2D eigenvalue weighted by molar-refractivity contribution is 0.443. The monoisotopic (exact) mass is 383 g/mol. The molecule has 1 saturated carbocycles. The molecule has 1 N–H and O–H groups in total. The van der Waals surface area contributed by atoms with Gasteiger partial charge in [-0.25, -0.2) is 15.0 Å². The maximum Gasteiger partial charge on any atom is 0.223 e. The first-order valence-electron chi connectivity index (χ1n) is 10.4. The molecule has 0 spiro atoms. The zero-order valence-electron chi connectivity index (χ0n) is 16.9. The normalized spacial score (nSPS) is 14.1. The van der Waals surface area contributed by atoms with Gasteiger partial charge in [0.15, 0.2) is 0 Å². The molecule has 29 heavy (non-hydrogen) atoms. The molecule has 5 rings (SSSR count). The molecular formula is C24H25N5. The summed E-state index contributed by atoms with van der Waals surface area (Å²) in [6.07, 6.45) is 8.59. The van der Waals surface area contributed by atoms with Crippen LogP contribution >= 0.6 is 0 Å². The van der Waals surface area contributed by atoms with E-state index in [4.69, 9.17) is 9.97 Å². The highest BCUT2D eigenvalue weighted by molar-refractivity contribution is 5.81. The summed E-state index contributed by atoms with van der Waals surface area (Å²) in [6, 6.07) is 15.3. The number of hydrogen-bond acceptors (Lipinski definition) is 4. The molecule has 5 heteroatoms. The summed E-state index contributed by atoms with van der Waals surface area (Å²) in [4.78, 5) is 14.3. The predicted molar refractivity (Wildman–Crippen MR) is 117 cm³/mol. The molecule has 1 aliphatic rings. The molecule has 3 heterocycles. The SMILES string of the molecule is CCc1ccn2c(-c3ccnc(NC4CCC4)n3)c(-c3ccc(C)cc3)nc2c1. The minimum Gasteiger partial charge on any atom is -0.351 e. The maximum absolute atomic E-state index is 5.00. The highest BCUT2D eigenvalue weighted by Crippen LogP contribution is 2.33. The Morgan fingerprint density at radius 1 is 1.07 bits per heavy atom. The molecular weight excluding hydrogens is 358 g/mol. The van der Waals surface area contributed by atoms with Gasteiger partial charge >= 0.3 is 0 Å². The fourth-order valence-electron chi connectivity index (χ4n) is 3.76. The molecule has 0 atom stereocenters. The zero-order chi connectivity index (χ0) is 19.8. The van der Waals surface area contributed by atoms with Crippen LogP contribution in [0.5, 0.6) is 0 Å². The van der Waals surface area contributed by atoms with E-state index >= 15 is 0 Å². The van der Waals surface area contributed by atoms with Gasteiger partial charge < -0.3 is 5.32 Å². The Morgan fingerprint density at radius 3 is 2.62 bits per heavy atom. The van der Waals surface area contributed by atoms with Gasteiger partial charge in [0.25, 0.3) is 0 Å². The summed E-state index contributed by atoms with van der Waals surface area (Å²) in [5, 5.41) is 3.46. The van der Waals surface area contributed by atoms with E-state index < -0.39 is 0 Å². The van der Waals surface area contributed by atoms with Crippen molar-refractivity contribution in [3.63, 3.8) is 0 Å². The Morgan fingerprint density at radius 2 is 1.90 bits per heavy atom. The molecule has 1 fully saturated rings. The van der Waals surface area contributed by atoms with Crippen LogP contribution in [-0.2, 0) is 6.42 Å². The second kappa shape index (κ2) is 7.32. The van der Waals surface area contributed by atoms with E-state index in [0.29, 0.717) is 12.0 Å². The van der Waals surface area contributed by atoms with Gasteiger partial charge in [0.1, 0.15) is 5.65 Å². The molecule has 0 saturated heterocycles.